The molecule has 0 aromatic heterocycles. The maximum Gasteiger partial charge on any atom is 0.302 e. The Hall–Kier alpha value is 0.730. The van der Waals surface area contributed by atoms with Crippen molar-refractivity contribution in [1.82, 2.24) is 9.34 Å². The highest BCUT2D eigenvalue weighted by molar-refractivity contribution is 8.61. The van der Waals surface area contributed by atoms with Gasteiger partial charge in [0.2, 0.25) is 0 Å². The van der Waals surface area contributed by atoms with Crippen LogP contribution in [0.15, 0.2) is 0 Å². The Balaban J connectivity index is 6.11. The molecule has 0 aromatic carbocycles. The Morgan fingerprint density at radius 2 is 1.00 bits per heavy atom. The second kappa shape index (κ2) is 11.4. The molecule has 0 spiro atoms. The molecule has 0 saturated heterocycles. The molecular weight excluding hydrogens is 353 g/mol. The Kier molecular flexibility index (Phi) is 11.7. The zero-order valence-corrected chi connectivity index (χ0v) is 18.5. The summed E-state index contributed by atoms with van der Waals surface area (Å²) in [5.41, 5.74) is 0. The van der Waals surface area contributed by atoms with Gasteiger partial charge in [-0.2, -0.15) is 0 Å². The van der Waals surface area contributed by atoms with Crippen LogP contribution in [-0.2, 0) is 18.2 Å². The zero-order chi connectivity index (χ0) is 18.1. The molecule has 140 valence electrons. The summed E-state index contributed by atoms with van der Waals surface area (Å²) in [7, 11) is -7.85. The third kappa shape index (κ3) is 5.35. The first kappa shape index (κ1) is 23.7. The molecule has 0 radical (unpaired) electrons. The van der Waals surface area contributed by atoms with Gasteiger partial charge in [-0.25, -0.2) is 9.34 Å². The van der Waals surface area contributed by atoms with Crippen molar-refractivity contribution in [2.75, 3.05) is 45.6 Å². The molecule has 0 rings (SSSR count). The minimum Gasteiger partial charge on any atom is -0.314 e. The van der Waals surface area contributed by atoms with E-state index in [2.05, 4.69) is 0 Å². The Morgan fingerprint density at radius 3 is 1.17 bits per heavy atom. The molecule has 2 atom stereocenters. The fraction of sp³-hybridized carbons (Fsp3) is 1.00. The Labute approximate surface area is 143 Å². The van der Waals surface area contributed by atoms with Crippen molar-refractivity contribution in [3.8, 4) is 0 Å². The number of rotatable bonds is 13. The van der Waals surface area contributed by atoms with Crippen molar-refractivity contribution in [2.45, 2.75) is 48.5 Å². The standard InChI is InChI=1S/C14H35N2O4P3/c1-8-15(9-2)22(17,19-12-5)21(14-7)23(18,20-13-6)16(10-3)11-4/h8-14H2,1-7H3. The first-order valence-corrected chi connectivity index (χ1v) is 14.7. The van der Waals surface area contributed by atoms with Crippen LogP contribution >= 0.6 is 21.7 Å². The molecule has 0 bridgehead atoms. The third-order valence-corrected chi connectivity index (χ3v) is 20.6. The van der Waals surface area contributed by atoms with Crippen LogP contribution in [0, 0.1) is 0 Å². The molecule has 0 aliphatic heterocycles. The van der Waals surface area contributed by atoms with Crippen LogP contribution in [0.2, 0.25) is 0 Å². The van der Waals surface area contributed by atoms with E-state index >= 15 is 0 Å². The largest absolute Gasteiger partial charge is 0.314 e. The molecule has 0 aliphatic rings. The predicted molar refractivity (Wildman–Crippen MR) is 102 cm³/mol. The van der Waals surface area contributed by atoms with E-state index < -0.39 is 21.7 Å². The third-order valence-electron chi connectivity index (χ3n) is 3.64. The van der Waals surface area contributed by atoms with E-state index in [0.717, 1.165) is 0 Å². The van der Waals surface area contributed by atoms with Crippen LogP contribution in [0.1, 0.15) is 48.5 Å². The molecule has 0 aliphatic carbocycles. The highest BCUT2D eigenvalue weighted by atomic mass is 32.5. The summed E-state index contributed by atoms with van der Waals surface area (Å²) >= 11 is 0. The van der Waals surface area contributed by atoms with E-state index in [1.54, 1.807) is 0 Å². The van der Waals surface area contributed by atoms with Gasteiger partial charge >= 0.3 is 14.4 Å². The van der Waals surface area contributed by atoms with E-state index in [4.69, 9.17) is 9.05 Å². The van der Waals surface area contributed by atoms with Gasteiger partial charge in [0, 0.05) is 26.2 Å². The van der Waals surface area contributed by atoms with Gasteiger partial charge < -0.3 is 9.05 Å². The van der Waals surface area contributed by atoms with Crippen LogP contribution in [0.5, 0.6) is 0 Å². The second-order valence-corrected chi connectivity index (χ2v) is 16.6. The summed E-state index contributed by atoms with van der Waals surface area (Å²) in [4.78, 5) is 0. The summed E-state index contributed by atoms with van der Waals surface area (Å²) < 4.78 is 42.9. The van der Waals surface area contributed by atoms with E-state index in [0.29, 0.717) is 45.6 Å². The Bertz CT molecular complexity index is 379. The molecular formula is C14H35N2O4P3. The van der Waals surface area contributed by atoms with E-state index in [1.807, 2.05) is 57.8 Å². The average molecular weight is 388 g/mol. The summed E-state index contributed by atoms with van der Waals surface area (Å²) in [5, 5.41) is 0. The lowest BCUT2D eigenvalue weighted by Gasteiger charge is -2.41. The van der Waals surface area contributed by atoms with Gasteiger partial charge in [-0.05, 0) is 20.0 Å². The van der Waals surface area contributed by atoms with Crippen molar-refractivity contribution >= 4 is 21.7 Å². The molecule has 2 unspecified atom stereocenters. The van der Waals surface area contributed by atoms with Gasteiger partial charge in [0.15, 0.2) is 0 Å². The monoisotopic (exact) mass is 388 g/mol. The van der Waals surface area contributed by atoms with Gasteiger partial charge in [0.25, 0.3) is 0 Å². The van der Waals surface area contributed by atoms with Crippen LogP contribution in [0.4, 0.5) is 0 Å². The van der Waals surface area contributed by atoms with Crippen molar-refractivity contribution in [1.29, 1.82) is 0 Å². The van der Waals surface area contributed by atoms with Crippen LogP contribution in [-0.4, -0.2) is 54.9 Å². The molecule has 0 fully saturated rings. The topological polar surface area (TPSA) is 59.1 Å². The smallest absolute Gasteiger partial charge is 0.302 e. The Morgan fingerprint density at radius 1 is 0.696 bits per heavy atom. The lowest BCUT2D eigenvalue weighted by molar-refractivity contribution is 0.287. The number of hydrogen-bond acceptors (Lipinski definition) is 4. The summed E-state index contributed by atoms with van der Waals surface area (Å²) in [6.07, 6.45) is 0.552. The van der Waals surface area contributed by atoms with Crippen LogP contribution in [0.25, 0.3) is 0 Å². The summed E-state index contributed by atoms with van der Waals surface area (Å²) in [5.74, 6) is 0. The van der Waals surface area contributed by atoms with Gasteiger partial charge in [0.1, 0.15) is 7.30 Å². The maximum atomic E-state index is 13.8. The van der Waals surface area contributed by atoms with Crippen molar-refractivity contribution < 1.29 is 18.2 Å². The predicted octanol–water partition coefficient (Wildman–Crippen LogP) is 5.46. The van der Waals surface area contributed by atoms with Crippen LogP contribution < -0.4 is 0 Å². The quantitative estimate of drug-likeness (QED) is 0.391. The molecule has 0 aromatic rings. The molecule has 0 saturated carbocycles. The fourth-order valence-corrected chi connectivity index (χ4v) is 20.2. The SMILES string of the molecule is CCOP(=O)(N(CC)CC)P(CC)P(=O)(OCC)N(CC)CC. The molecule has 0 N–H and O–H groups in total. The molecule has 23 heavy (non-hydrogen) atoms. The normalized spacial score (nSPS) is 18.8. The van der Waals surface area contributed by atoms with E-state index in [-0.39, 0.29) is 0 Å². The lowest BCUT2D eigenvalue weighted by Crippen LogP contribution is -2.25. The lowest BCUT2D eigenvalue weighted by atomic mass is 10.7. The molecule has 0 amide bonds. The van der Waals surface area contributed by atoms with E-state index in [1.165, 1.54) is 0 Å². The second-order valence-electron chi connectivity index (χ2n) is 4.78. The summed E-state index contributed by atoms with van der Waals surface area (Å²) in [6, 6.07) is 0. The average Bonchev–Trinajstić information content (AvgIpc) is 2.50. The zero-order valence-electron chi connectivity index (χ0n) is 15.8. The minimum atomic E-state index is -3.20. The van der Waals surface area contributed by atoms with Crippen molar-refractivity contribution in [3.05, 3.63) is 0 Å². The first-order chi connectivity index (χ1) is 10.9. The maximum absolute atomic E-state index is 13.8. The van der Waals surface area contributed by atoms with Crippen LogP contribution in [0.3, 0.4) is 0 Å². The van der Waals surface area contributed by atoms with Gasteiger partial charge in [-0.1, -0.05) is 34.6 Å². The van der Waals surface area contributed by atoms with Gasteiger partial charge in [0.05, 0.1) is 13.2 Å². The fourth-order valence-electron chi connectivity index (χ4n) is 2.59. The van der Waals surface area contributed by atoms with Gasteiger partial charge in [-0.3, -0.25) is 9.13 Å². The molecule has 0 heterocycles. The first-order valence-electron chi connectivity index (χ1n) is 8.64. The van der Waals surface area contributed by atoms with Crippen molar-refractivity contribution in [3.63, 3.8) is 0 Å². The highest BCUT2D eigenvalue weighted by Gasteiger charge is 2.52. The van der Waals surface area contributed by atoms with Crippen molar-refractivity contribution in [2.24, 2.45) is 0 Å². The highest BCUT2D eigenvalue weighted by Crippen LogP contribution is 2.96. The number of nitrogens with zero attached hydrogens (tertiary/aromatic N) is 2. The summed E-state index contributed by atoms with van der Waals surface area (Å²) in [6.45, 7) is 16.6. The molecule has 6 nitrogen and oxygen atoms in total. The molecule has 9 heteroatoms. The van der Waals surface area contributed by atoms with Gasteiger partial charge in [-0.15, -0.1) is 0 Å². The number of hydrogen-bond donors (Lipinski definition) is 0. The van der Waals surface area contributed by atoms with E-state index in [9.17, 15) is 9.13 Å². The minimum absolute atomic E-state index is 0.344.